The molecule has 1 aliphatic carbocycles. The Balaban J connectivity index is 1.93. The summed E-state index contributed by atoms with van der Waals surface area (Å²) in [6.07, 6.45) is 3.23. The third-order valence-electron chi connectivity index (χ3n) is 6.54. The van der Waals surface area contributed by atoms with Gasteiger partial charge in [-0.1, -0.05) is 19.9 Å². The molecule has 3 atom stereocenters. The van der Waals surface area contributed by atoms with Crippen LogP contribution in [0.5, 0.6) is 11.5 Å². The molecular weight excluding hydrogens is 388 g/mol. The van der Waals surface area contributed by atoms with Crippen LogP contribution in [0.3, 0.4) is 0 Å². The number of allylic oxidation sites excluding steroid dienone is 1. The average Bonchev–Trinajstić information content (AvgIpc) is 3.12. The normalized spacial score (nSPS) is 30.5. The highest BCUT2D eigenvalue weighted by Crippen LogP contribution is 2.61. The van der Waals surface area contributed by atoms with Gasteiger partial charge < -0.3 is 24.1 Å². The Hall–Kier alpha value is -2.54. The molecule has 1 aromatic rings. The van der Waals surface area contributed by atoms with E-state index in [0.29, 0.717) is 41.0 Å². The Bertz CT molecular complexity index is 936. The summed E-state index contributed by atoms with van der Waals surface area (Å²) in [5, 5.41) is 12.0. The van der Waals surface area contributed by atoms with Gasteiger partial charge in [-0.3, -0.25) is 0 Å². The van der Waals surface area contributed by atoms with Crippen molar-refractivity contribution < 1.29 is 33.6 Å². The SMILES string of the molecule is CCOC(=O)C1(CC)Oc2ccc3c4c2C1=CCCC4(O)C(CC)(C(=O)OCC)O3. The molecule has 7 heteroatoms. The largest absolute Gasteiger partial charge is 0.472 e. The number of rotatable bonds is 6. The van der Waals surface area contributed by atoms with E-state index >= 15 is 0 Å². The van der Waals surface area contributed by atoms with Crippen LogP contribution in [0.1, 0.15) is 64.5 Å². The van der Waals surface area contributed by atoms with Crippen molar-refractivity contribution in [3.63, 3.8) is 0 Å². The number of carbonyl (C=O) groups is 2. The summed E-state index contributed by atoms with van der Waals surface area (Å²) in [6.45, 7) is 7.56. The summed E-state index contributed by atoms with van der Waals surface area (Å²) in [4.78, 5) is 26.0. The van der Waals surface area contributed by atoms with Crippen LogP contribution >= 0.6 is 0 Å². The van der Waals surface area contributed by atoms with Crippen molar-refractivity contribution in [3.8, 4) is 11.5 Å². The number of benzene rings is 1. The highest BCUT2D eigenvalue weighted by Gasteiger charge is 2.67. The van der Waals surface area contributed by atoms with Gasteiger partial charge in [0.15, 0.2) is 0 Å². The molecule has 0 aromatic heterocycles. The molecule has 162 valence electrons. The molecule has 2 heterocycles. The van der Waals surface area contributed by atoms with Gasteiger partial charge in [-0.2, -0.15) is 0 Å². The Morgan fingerprint density at radius 2 is 1.67 bits per heavy atom. The summed E-state index contributed by atoms with van der Waals surface area (Å²) in [5.74, 6) is -0.150. The number of esters is 2. The minimum absolute atomic E-state index is 0.183. The summed E-state index contributed by atoms with van der Waals surface area (Å²) in [6, 6.07) is 3.41. The lowest BCUT2D eigenvalue weighted by atomic mass is 9.73. The minimum atomic E-state index is -1.60. The lowest BCUT2D eigenvalue weighted by Gasteiger charge is -2.38. The van der Waals surface area contributed by atoms with Crippen molar-refractivity contribution in [2.24, 2.45) is 0 Å². The van der Waals surface area contributed by atoms with Crippen LogP contribution in [-0.4, -0.2) is 41.5 Å². The summed E-state index contributed by atoms with van der Waals surface area (Å²) < 4.78 is 23.0. The molecule has 0 amide bonds. The predicted octanol–water partition coefficient (Wildman–Crippen LogP) is 3.26. The zero-order valence-corrected chi connectivity index (χ0v) is 17.9. The molecule has 3 unspecified atom stereocenters. The lowest BCUT2D eigenvalue weighted by molar-refractivity contribution is -0.187. The van der Waals surface area contributed by atoms with Crippen LogP contribution in [0, 0.1) is 0 Å². The molecule has 0 fully saturated rings. The molecule has 7 nitrogen and oxygen atoms in total. The summed E-state index contributed by atoms with van der Waals surface area (Å²) >= 11 is 0. The van der Waals surface area contributed by atoms with E-state index in [1.165, 1.54) is 0 Å². The Morgan fingerprint density at radius 3 is 2.30 bits per heavy atom. The summed E-state index contributed by atoms with van der Waals surface area (Å²) in [5.41, 5.74) is -2.63. The second-order valence-electron chi connectivity index (χ2n) is 7.83. The van der Waals surface area contributed by atoms with Crippen LogP contribution in [0.2, 0.25) is 0 Å². The highest BCUT2D eigenvalue weighted by atomic mass is 16.6. The fraction of sp³-hybridized carbons (Fsp3) is 0.565. The van der Waals surface area contributed by atoms with Crippen molar-refractivity contribution in [1.82, 2.24) is 0 Å². The third kappa shape index (κ3) is 2.35. The van der Waals surface area contributed by atoms with E-state index in [1.807, 2.05) is 13.0 Å². The van der Waals surface area contributed by atoms with Crippen molar-refractivity contribution >= 4 is 17.5 Å². The Labute approximate surface area is 175 Å². The molecule has 30 heavy (non-hydrogen) atoms. The summed E-state index contributed by atoms with van der Waals surface area (Å²) in [7, 11) is 0. The van der Waals surface area contributed by atoms with E-state index in [9.17, 15) is 14.7 Å². The van der Waals surface area contributed by atoms with Gasteiger partial charge >= 0.3 is 11.9 Å². The van der Waals surface area contributed by atoms with Gasteiger partial charge in [0, 0.05) is 16.7 Å². The minimum Gasteiger partial charge on any atom is -0.472 e. The van der Waals surface area contributed by atoms with Crippen molar-refractivity contribution in [3.05, 3.63) is 29.3 Å². The number of aliphatic hydroxyl groups is 1. The maximum Gasteiger partial charge on any atom is 0.355 e. The molecule has 1 aromatic carbocycles. The monoisotopic (exact) mass is 416 g/mol. The van der Waals surface area contributed by atoms with Crippen LogP contribution < -0.4 is 9.47 Å². The fourth-order valence-corrected chi connectivity index (χ4v) is 5.12. The van der Waals surface area contributed by atoms with Crippen molar-refractivity contribution in [1.29, 1.82) is 0 Å². The zero-order chi connectivity index (χ0) is 21.7. The molecule has 0 bridgehead atoms. The van der Waals surface area contributed by atoms with Gasteiger partial charge in [0.1, 0.15) is 17.1 Å². The molecule has 0 radical (unpaired) electrons. The van der Waals surface area contributed by atoms with Gasteiger partial charge in [-0.25, -0.2) is 9.59 Å². The average molecular weight is 416 g/mol. The Kier molecular flexibility index (Phi) is 4.84. The van der Waals surface area contributed by atoms with E-state index in [-0.39, 0.29) is 26.1 Å². The smallest absolute Gasteiger partial charge is 0.355 e. The van der Waals surface area contributed by atoms with Gasteiger partial charge in [0.05, 0.1) is 13.2 Å². The number of carbonyl (C=O) groups excluding carboxylic acids is 2. The second kappa shape index (κ2) is 7.01. The molecule has 2 aliphatic heterocycles. The molecule has 0 spiro atoms. The van der Waals surface area contributed by atoms with Crippen LogP contribution in [0.4, 0.5) is 0 Å². The fourth-order valence-electron chi connectivity index (χ4n) is 5.12. The van der Waals surface area contributed by atoms with Gasteiger partial charge in [-0.15, -0.1) is 0 Å². The molecular formula is C23H28O7. The van der Waals surface area contributed by atoms with E-state index in [0.717, 1.165) is 0 Å². The van der Waals surface area contributed by atoms with Crippen LogP contribution in [-0.2, 0) is 24.7 Å². The van der Waals surface area contributed by atoms with Gasteiger partial charge in [0.2, 0.25) is 11.2 Å². The van der Waals surface area contributed by atoms with E-state index in [4.69, 9.17) is 18.9 Å². The zero-order valence-electron chi connectivity index (χ0n) is 17.9. The molecule has 1 N–H and O–H groups in total. The van der Waals surface area contributed by atoms with Gasteiger partial charge in [-0.05, 0) is 51.7 Å². The van der Waals surface area contributed by atoms with Crippen molar-refractivity contribution in [2.45, 2.75) is 70.2 Å². The molecule has 0 saturated heterocycles. The van der Waals surface area contributed by atoms with E-state index in [2.05, 4.69) is 0 Å². The molecule has 3 aliphatic rings. The van der Waals surface area contributed by atoms with Crippen molar-refractivity contribution in [2.75, 3.05) is 13.2 Å². The number of hydrogen-bond donors (Lipinski definition) is 1. The number of ether oxygens (including phenoxy) is 4. The maximum absolute atomic E-state index is 13.0. The number of hydrogen-bond acceptors (Lipinski definition) is 7. The predicted molar refractivity (Wildman–Crippen MR) is 108 cm³/mol. The Morgan fingerprint density at radius 1 is 1.00 bits per heavy atom. The van der Waals surface area contributed by atoms with Gasteiger partial charge in [0.25, 0.3) is 0 Å². The second-order valence-corrected chi connectivity index (χ2v) is 7.83. The molecule has 0 saturated carbocycles. The van der Waals surface area contributed by atoms with Crippen LogP contribution in [0.25, 0.3) is 5.57 Å². The topological polar surface area (TPSA) is 91.3 Å². The van der Waals surface area contributed by atoms with E-state index in [1.54, 1.807) is 32.9 Å². The quantitative estimate of drug-likeness (QED) is 0.712. The lowest BCUT2D eigenvalue weighted by Crippen LogP contribution is -2.57. The van der Waals surface area contributed by atoms with E-state index < -0.39 is 28.7 Å². The first-order chi connectivity index (χ1) is 14.3. The third-order valence-corrected chi connectivity index (χ3v) is 6.54. The first-order valence-corrected chi connectivity index (χ1v) is 10.7. The first kappa shape index (κ1) is 20.7. The maximum atomic E-state index is 13.0. The molecule has 4 rings (SSSR count). The standard InChI is InChI=1S/C23H28O7/c1-5-21(19(24)27-7-3)14-10-9-13-22(26)18-16(12-11-15(29-21)17(14)18)30-23(22,6-2)20(25)28-8-4/h10-12,26H,5-9,13H2,1-4H3. The highest BCUT2D eigenvalue weighted by molar-refractivity contribution is 6.02. The van der Waals surface area contributed by atoms with Crippen LogP contribution in [0.15, 0.2) is 18.2 Å². The first-order valence-electron chi connectivity index (χ1n) is 10.7.